The molecule has 1 aromatic rings. The van der Waals surface area contributed by atoms with Crippen LogP contribution < -0.4 is 10.2 Å². The van der Waals surface area contributed by atoms with Crippen molar-refractivity contribution in [3.8, 4) is 0 Å². The van der Waals surface area contributed by atoms with Gasteiger partial charge in [-0.15, -0.1) is 0 Å². The highest BCUT2D eigenvalue weighted by molar-refractivity contribution is 5.56. The highest BCUT2D eigenvalue weighted by Gasteiger charge is 2.24. The summed E-state index contributed by atoms with van der Waals surface area (Å²) in [6.45, 7) is 7.70. The van der Waals surface area contributed by atoms with Crippen molar-refractivity contribution in [2.45, 2.75) is 45.7 Å². The molecule has 1 aliphatic rings. The van der Waals surface area contributed by atoms with Gasteiger partial charge in [0.1, 0.15) is 0 Å². The maximum atomic E-state index is 9.43. The number of aliphatic hydroxyl groups is 1. The average molecular weight is 262 g/mol. The topological polar surface area (TPSA) is 35.5 Å². The molecule has 0 aromatic heterocycles. The van der Waals surface area contributed by atoms with Gasteiger partial charge in [-0.1, -0.05) is 19.1 Å². The van der Waals surface area contributed by atoms with E-state index in [0.717, 1.165) is 26.1 Å². The first-order valence-corrected chi connectivity index (χ1v) is 7.44. The molecule has 3 nitrogen and oxygen atoms in total. The van der Waals surface area contributed by atoms with Gasteiger partial charge < -0.3 is 15.3 Å². The second kappa shape index (κ2) is 6.92. The normalized spacial score (nSPS) is 19.1. The van der Waals surface area contributed by atoms with E-state index in [9.17, 15) is 5.11 Å². The summed E-state index contributed by atoms with van der Waals surface area (Å²) in [5, 5.41) is 12.9. The van der Waals surface area contributed by atoms with Crippen molar-refractivity contribution in [2.75, 3.05) is 24.6 Å². The third kappa shape index (κ3) is 3.48. The van der Waals surface area contributed by atoms with Crippen LogP contribution in [0.1, 0.15) is 37.3 Å². The van der Waals surface area contributed by atoms with Crippen LogP contribution in [0.5, 0.6) is 0 Å². The van der Waals surface area contributed by atoms with Gasteiger partial charge in [-0.2, -0.15) is 0 Å². The first-order chi connectivity index (χ1) is 9.26. The molecule has 0 saturated carbocycles. The molecular formula is C16H26N2O. The fourth-order valence-corrected chi connectivity index (χ4v) is 2.90. The van der Waals surface area contributed by atoms with Gasteiger partial charge in [0.25, 0.3) is 0 Å². The van der Waals surface area contributed by atoms with Crippen molar-refractivity contribution in [3.05, 3.63) is 29.3 Å². The molecule has 1 unspecified atom stereocenters. The van der Waals surface area contributed by atoms with Gasteiger partial charge in [0.05, 0.1) is 12.6 Å². The molecule has 1 aromatic carbocycles. The summed E-state index contributed by atoms with van der Waals surface area (Å²) in [5.74, 6) is 0. The molecule has 19 heavy (non-hydrogen) atoms. The number of benzene rings is 1. The molecule has 1 heterocycles. The quantitative estimate of drug-likeness (QED) is 0.773. The minimum absolute atomic E-state index is 0.263. The van der Waals surface area contributed by atoms with E-state index in [1.807, 2.05) is 0 Å². The molecule has 1 saturated heterocycles. The minimum Gasteiger partial charge on any atom is -0.394 e. The molecule has 1 atom stereocenters. The van der Waals surface area contributed by atoms with E-state index in [1.165, 1.54) is 29.7 Å². The van der Waals surface area contributed by atoms with Gasteiger partial charge in [0.15, 0.2) is 0 Å². The summed E-state index contributed by atoms with van der Waals surface area (Å²) >= 11 is 0. The Morgan fingerprint density at radius 2 is 2.26 bits per heavy atom. The first-order valence-electron chi connectivity index (χ1n) is 7.44. The molecule has 3 heteroatoms. The number of hydrogen-bond donors (Lipinski definition) is 2. The molecule has 106 valence electrons. The Morgan fingerprint density at radius 3 is 2.95 bits per heavy atom. The van der Waals surface area contributed by atoms with E-state index in [1.54, 1.807) is 0 Å². The third-order valence-corrected chi connectivity index (χ3v) is 3.91. The molecule has 0 amide bonds. The predicted molar refractivity (Wildman–Crippen MR) is 80.6 cm³/mol. The number of aryl methyl sites for hydroxylation is 1. The molecule has 1 aliphatic heterocycles. The van der Waals surface area contributed by atoms with Crippen LogP contribution in [-0.2, 0) is 6.54 Å². The van der Waals surface area contributed by atoms with Crippen LogP contribution in [0.3, 0.4) is 0 Å². The maximum absolute atomic E-state index is 9.43. The lowest BCUT2D eigenvalue weighted by molar-refractivity contribution is 0.266. The number of nitrogens with one attached hydrogen (secondary N) is 1. The average Bonchev–Trinajstić information content (AvgIpc) is 2.87. The zero-order valence-electron chi connectivity index (χ0n) is 12.2. The summed E-state index contributed by atoms with van der Waals surface area (Å²) < 4.78 is 0. The van der Waals surface area contributed by atoms with Crippen LogP contribution in [-0.4, -0.2) is 30.8 Å². The second-order valence-corrected chi connectivity index (χ2v) is 5.47. The van der Waals surface area contributed by atoms with Gasteiger partial charge in [-0.25, -0.2) is 0 Å². The fourth-order valence-electron chi connectivity index (χ4n) is 2.90. The van der Waals surface area contributed by atoms with Gasteiger partial charge in [-0.05, 0) is 49.9 Å². The van der Waals surface area contributed by atoms with Crippen LogP contribution in [0.4, 0.5) is 5.69 Å². The van der Waals surface area contributed by atoms with Crippen LogP contribution in [0.15, 0.2) is 18.2 Å². The van der Waals surface area contributed by atoms with E-state index < -0.39 is 0 Å². The zero-order valence-corrected chi connectivity index (χ0v) is 12.2. The van der Waals surface area contributed by atoms with E-state index in [0.29, 0.717) is 6.04 Å². The largest absolute Gasteiger partial charge is 0.394 e. The summed E-state index contributed by atoms with van der Waals surface area (Å²) in [5.41, 5.74) is 3.95. The first kappa shape index (κ1) is 14.4. The molecule has 0 aliphatic carbocycles. The SMILES string of the molecule is CCCNCc1ccc(N2CCCC2CO)c(C)c1. The van der Waals surface area contributed by atoms with Crippen molar-refractivity contribution in [1.82, 2.24) is 5.32 Å². The second-order valence-electron chi connectivity index (χ2n) is 5.47. The lowest BCUT2D eigenvalue weighted by Gasteiger charge is -2.27. The Bertz CT molecular complexity index is 406. The molecule has 1 fully saturated rings. The zero-order chi connectivity index (χ0) is 13.7. The number of nitrogens with zero attached hydrogens (tertiary/aromatic N) is 1. The van der Waals surface area contributed by atoms with Crippen molar-refractivity contribution in [1.29, 1.82) is 0 Å². The van der Waals surface area contributed by atoms with Gasteiger partial charge in [0.2, 0.25) is 0 Å². The van der Waals surface area contributed by atoms with Crippen molar-refractivity contribution < 1.29 is 5.11 Å². The Morgan fingerprint density at radius 1 is 1.42 bits per heavy atom. The van der Waals surface area contributed by atoms with Crippen LogP contribution >= 0.6 is 0 Å². The molecule has 0 bridgehead atoms. The van der Waals surface area contributed by atoms with E-state index >= 15 is 0 Å². The molecule has 2 N–H and O–H groups in total. The molecule has 2 rings (SSSR count). The lowest BCUT2D eigenvalue weighted by Crippen LogP contribution is -2.32. The van der Waals surface area contributed by atoms with Gasteiger partial charge >= 0.3 is 0 Å². The smallest absolute Gasteiger partial charge is 0.0635 e. The van der Waals surface area contributed by atoms with Crippen molar-refractivity contribution in [2.24, 2.45) is 0 Å². The lowest BCUT2D eigenvalue weighted by atomic mass is 10.1. The monoisotopic (exact) mass is 262 g/mol. The van der Waals surface area contributed by atoms with E-state index in [4.69, 9.17) is 0 Å². The predicted octanol–water partition coefficient (Wildman–Crippen LogP) is 2.46. The fraction of sp³-hybridized carbons (Fsp3) is 0.625. The standard InChI is InChI=1S/C16H26N2O/c1-3-8-17-11-14-6-7-16(13(2)10-14)18-9-4-5-15(18)12-19/h6-7,10,15,17,19H,3-5,8-9,11-12H2,1-2H3. The summed E-state index contributed by atoms with van der Waals surface area (Å²) in [6, 6.07) is 7.00. The Balaban J connectivity index is 2.06. The van der Waals surface area contributed by atoms with Crippen molar-refractivity contribution in [3.63, 3.8) is 0 Å². The van der Waals surface area contributed by atoms with Crippen molar-refractivity contribution >= 4 is 5.69 Å². The third-order valence-electron chi connectivity index (χ3n) is 3.91. The number of rotatable bonds is 6. The Labute approximate surface area is 116 Å². The summed E-state index contributed by atoms with van der Waals surface area (Å²) in [4.78, 5) is 2.36. The maximum Gasteiger partial charge on any atom is 0.0635 e. The highest BCUT2D eigenvalue weighted by Crippen LogP contribution is 2.28. The van der Waals surface area contributed by atoms with Crippen LogP contribution in [0, 0.1) is 6.92 Å². The van der Waals surface area contributed by atoms with E-state index in [-0.39, 0.29) is 6.61 Å². The molecule has 0 spiro atoms. The minimum atomic E-state index is 0.263. The van der Waals surface area contributed by atoms with E-state index in [2.05, 4.69) is 42.3 Å². The highest BCUT2D eigenvalue weighted by atomic mass is 16.3. The van der Waals surface area contributed by atoms with Gasteiger partial charge in [0, 0.05) is 18.8 Å². The summed E-state index contributed by atoms with van der Waals surface area (Å²) in [6.07, 6.45) is 3.46. The van der Waals surface area contributed by atoms with Crippen LogP contribution in [0.2, 0.25) is 0 Å². The van der Waals surface area contributed by atoms with Gasteiger partial charge in [-0.3, -0.25) is 0 Å². The molecular weight excluding hydrogens is 236 g/mol. The number of aliphatic hydroxyl groups excluding tert-OH is 1. The Hall–Kier alpha value is -1.06. The number of anilines is 1. The van der Waals surface area contributed by atoms with Crippen LogP contribution in [0.25, 0.3) is 0 Å². The Kier molecular flexibility index (Phi) is 5.23. The molecule has 0 radical (unpaired) electrons. The number of hydrogen-bond acceptors (Lipinski definition) is 3. The summed E-state index contributed by atoms with van der Waals surface area (Å²) in [7, 11) is 0.